The number of benzene rings is 1. The molecule has 0 aliphatic carbocycles. The predicted octanol–water partition coefficient (Wildman–Crippen LogP) is 3.33. The molecule has 1 aromatic heterocycles. The van der Waals surface area contributed by atoms with E-state index in [2.05, 4.69) is 47.5 Å². The maximum Gasteiger partial charge on any atom is 0.341 e. The highest BCUT2D eigenvalue weighted by atomic mass is 16.5. The minimum atomic E-state index is -0.386. The van der Waals surface area contributed by atoms with Crippen molar-refractivity contribution >= 4 is 11.9 Å². The number of ether oxygens (including phenoxy) is 1. The molecule has 0 saturated carbocycles. The Balaban J connectivity index is 1.69. The first kappa shape index (κ1) is 19.0. The van der Waals surface area contributed by atoms with Gasteiger partial charge in [-0.25, -0.2) is 9.79 Å². The standard InChI is InChI=1S/C21H27N3O3/c1-4-22-21(23-13-18-12-19(15(2)27-18)20(25)26-3)24-11-10-17(14-24)16-8-6-5-7-9-16/h5-9,12,17H,4,10-11,13-14H2,1-3H3,(H,22,23). The largest absolute Gasteiger partial charge is 0.465 e. The van der Waals surface area contributed by atoms with E-state index >= 15 is 0 Å². The van der Waals surface area contributed by atoms with E-state index in [0.717, 1.165) is 32.0 Å². The molecule has 1 aromatic carbocycles. The fourth-order valence-electron chi connectivity index (χ4n) is 3.46. The number of aliphatic imine (C=N–C) groups is 1. The highest BCUT2D eigenvalue weighted by molar-refractivity contribution is 5.90. The Kier molecular flexibility index (Phi) is 6.16. The van der Waals surface area contributed by atoms with Crippen molar-refractivity contribution in [2.24, 2.45) is 4.99 Å². The van der Waals surface area contributed by atoms with Gasteiger partial charge in [-0.3, -0.25) is 0 Å². The van der Waals surface area contributed by atoms with E-state index < -0.39 is 0 Å². The molecule has 1 aliphatic heterocycles. The SMILES string of the molecule is CCNC(=NCc1cc(C(=O)OC)c(C)o1)N1CCC(c2ccccc2)C1. The predicted molar refractivity (Wildman–Crippen MR) is 105 cm³/mol. The smallest absolute Gasteiger partial charge is 0.341 e. The molecule has 0 amide bonds. The molecule has 144 valence electrons. The maximum absolute atomic E-state index is 11.7. The quantitative estimate of drug-likeness (QED) is 0.497. The number of methoxy groups -OCH3 is 1. The maximum atomic E-state index is 11.7. The van der Waals surface area contributed by atoms with Gasteiger partial charge in [0.2, 0.25) is 0 Å². The summed E-state index contributed by atoms with van der Waals surface area (Å²) in [7, 11) is 1.37. The summed E-state index contributed by atoms with van der Waals surface area (Å²) in [5, 5.41) is 3.36. The summed E-state index contributed by atoms with van der Waals surface area (Å²) < 4.78 is 10.4. The third-order valence-electron chi connectivity index (χ3n) is 4.85. The molecular formula is C21H27N3O3. The molecule has 1 unspecified atom stereocenters. The molecule has 3 rings (SSSR count). The Hall–Kier alpha value is -2.76. The second kappa shape index (κ2) is 8.75. The normalized spacial score (nSPS) is 17.2. The second-order valence-corrected chi connectivity index (χ2v) is 6.69. The molecule has 1 fully saturated rings. The van der Waals surface area contributed by atoms with E-state index in [9.17, 15) is 4.79 Å². The van der Waals surface area contributed by atoms with Crippen molar-refractivity contribution in [1.29, 1.82) is 0 Å². The summed E-state index contributed by atoms with van der Waals surface area (Å²) in [6.07, 6.45) is 1.11. The molecule has 1 N–H and O–H groups in total. The second-order valence-electron chi connectivity index (χ2n) is 6.69. The summed E-state index contributed by atoms with van der Waals surface area (Å²) in [4.78, 5) is 18.7. The minimum Gasteiger partial charge on any atom is -0.465 e. The Morgan fingerprint density at radius 3 is 2.85 bits per heavy atom. The average molecular weight is 369 g/mol. The van der Waals surface area contributed by atoms with E-state index in [1.54, 1.807) is 13.0 Å². The molecule has 6 nitrogen and oxygen atoms in total. The first-order valence-corrected chi connectivity index (χ1v) is 9.38. The van der Waals surface area contributed by atoms with Crippen LogP contribution in [-0.4, -0.2) is 43.6 Å². The van der Waals surface area contributed by atoms with Gasteiger partial charge < -0.3 is 19.4 Å². The highest BCUT2D eigenvalue weighted by Gasteiger charge is 2.26. The molecule has 1 aliphatic rings. The third-order valence-corrected chi connectivity index (χ3v) is 4.85. The number of carbonyl (C=O) groups excluding carboxylic acids is 1. The van der Waals surface area contributed by atoms with Gasteiger partial charge in [-0.05, 0) is 31.9 Å². The lowest BCUT2D eigenvalue weighted by molar-refractivity contribution is 0.0599. The molecule has 0 bridgehead atoms. The highest BCUT2D eigenvalue weighted by Crippen LogP contribution is 2.27. The van der Waals surface area contributed by atoms with Crippen LogP contribution in [0.1, 0.15) is 46.7 Å². The Labute approximate surface area is 160 Å². The number of nitrogens with one attached hydrogen (secondary N) is 1. The Bertz CT molecular complexity index is 798. The van der Waals surface area contributed by atoms with Crippen molar-refractivity contribution in [3.05, 3.63) is 59.0 Å². The molecule has 6 heteroatoms. The number of carbonyl (C=O) groups is 1. The zero-order valence-electron chi connectivity index (χ0n) is 16.2. The van der Waals surface area contributed by atoms with Crippen molar-refractivity contribution in [3.63, 3.8) is 0 Å². The van der Waals surface area contributed by atoms with Crippen LogP contribution < -0.4 is 5.32 Å². The fraction of sp³-hybridized carbons (Fsp3) is 0.429. The summed E-state index contributed by atoms with van der Waals surface area (Å²) in [5.41, 5.74) is 1.83. The van der Waals surface area contributed by atoms with E-state index in [0.29, 0.717) is 29.5 Å². The van der Waals surface area contributed by atoms with Crippen molar-refractivity contribution in [2.75, 3.05) is 26.7 Å². The molecule has 1 saturated heterocycles. The van der Waals surface area contributed by atoms with Gasteiger partial charge in [-0.1, -0.05) is 30.3 Å². The number of hydrogen-bond acceptors (Lipinski definition) is 4. The van der Waals surface area contributed by atoms with Crippen molar-refractivity contribution < 1.29 is 13.9 Å². The van der Waals surface area contributed by atoms with Crippen molar-refractivity contribution in [3.8, 4) is 0 Å². The van der Waals surface area contributed by atoms with Gasteiger partial charge in [-0.2, -0.15) is 0 Å². The summed E-state index contributed by atoms with van der Waals surface area (Å²) in [5.74, 6) is 2.23. The van der Waals surface area contributed by atoms with Crippen molar-refractivity contribution in [1.82, 2.24) is 10.2 Å². The van der Waals surface area contributed by atoms with E-state index in [1.165, 1.54) is 12.7 Å². The van der Waals surface area contributed by atoms with Crippen LogP contribution in [0.2, 0.25) is 0 Å². The number of rotatable bonds is 5. The summed E-state index contributed by atoms with van der Waals surface area (Å²) in [6, 6.07) is 12.3. The lowest BCUT2D eigenvalue weighted by atomic mass is 9.99. The van der Waals surface area contributed by atoms with Gasteiger partial charge in [-0.15, -0.1) is 0 Å². The van der Waals surface area contributed by atoms with Gasteiger partial charge in [0, 0.05) is 25.6 Å². The lowest BCUT2D eigenvalue weighted by Crippen LogP contribution is -2.40. The van der Waals surface area contributed by atoms with Gasteiger partial charge >= 0.3 is 5.97 Å². The van der Waals surface area contributed by atoms with Gasteiger partial charge in [0.15, 0.2) is 5.96 Å². The molecule has 0 radical (unpaired) electrons. The number of hydrogen-bond donors (Lipinski definition) is 1. The molecule has 2 aromatic rings. The minimum absolute atomic E-state index is 0.382. The average Bonchev–Trinajstić information content (AvgIpc) is 3.32. The van der Waals surface area contributed by atoms with Crippen LogP contribution in [0.15, 0.2) is 45.8 Å². The number of furan rings is 1. The third kappa shape index (κ3) is 4.51. The van der Waals surface area contributed by atoms with Crippen LogP contribution in [0.5, 0.6) is 0 Å². The van der Waals surface area contributed by atoms with E-state index in [1.807, 2.05) is 0 Å². The first-order valence-electron chi connectivity index (χ1n) is 9.38. The molecule has 2 heterocycles. The summed E-state index contributed by atoms with van der Waals surface area (Å²) >= 11 is 0. The van der Waals surface area contributed by atoms with Crippen LogP contribution in [0, 0.1) is 6.92 Å². The zero-order chi connectivity index (χ0) is 19.2. The van der Waals surface area contributed by atoms with Gasteiger partial charge in [0.05, 0.1) is 7.11 Å². The first-order chi connectivity index (χ1) is 13.1. The van der Waals surface area contributed by atoms with E-state index in [4.69, 9.17) is 14.1 Å². The Morgan fingerprint density at radius 2 is 2.15 bits per heavy atom. The van der Waals surface area contributed by atoms with Crippen LogP contribution >= 0.6 is 0 Å². The number of nitrogens with zero attached hydrogens (tertiary/aromatic N) is 2. The molecule has 0 spiro atoms. The zero-order valence-corrected chi connectivity index (χ0v) is 16.2. The van der Waals surface area contributed by atoms with Crippen LogP contribution in [-0.2, 0) is 11.3 Å². The Morgan fingerprint density at radius 1 is 1.37 bits per heavy atom. The van der Waals surface area contributed by atoms with Gasteiger partial charge in [0.1, 0.15) is 23.6 Å². The van der Waals surface area contributed by atoms with Crippen LogP contribution in [0.4, 0.5) is 0 Å². The number of likely N-dealkylation sites (tertiary alicyclic amines) is 1. The van der Waals surface area contributed by atoms with Crippen LogP contribution in [0.25, 0.3) is 0 Å². The molecular weight excluding hydrogens is 342 g/mol. The number of guanidine groups is 1. The number of esters is 1. The molecule has 27 heavy (non-hydrogen) atoms. The van der Waals surface area contributed by atoms with E-state index in [-0.39, 0.29) is 5.97 Å². The monoisotopic (exact) mass is 369 g/mol. The van der Waals surface area contributed by atoms with Crippen molar-refractivity contribution in [2.45, 2.75) is 32.7 Å². The molecule has 1 atom stereocenters. The lowest BCUT2D eigenvalue weighted by Gasteiger charge is -2.21. The fourth-order valence-corrected chi connectivity index (χ4v) is 3.46. The van der Waals surface area contributed by atoms with Crippen LogP contribution in [0.3, 0.4) is 0 Å². The number of aryl methyl sites for hydroxylation is 1. The van der Waals surface area contributed by atoms with Gasteiger partial charge in [0.25, 0.3) is 0 Å². The topological polar surface area (TPSA) is 67.1 Å². The summed E-state index contributed by atoms with van der Waals surface area (Å²) in [6.45, 7) is 6.92.